The van der Waals surface area contributed by atoms with Crippen molar-refractivity contribution in [2.45, 2.75) is 23.6 Å². The molecule has 4 aromatic rings. The third-order valence-corrected chi connectivity index (χ3v) is 8.61. The summed E-state index contributed by atoms with van der Waals surface area (Å²) in [5.74, 6) is -1.35. The number of sulfonamides is 2. The SMILES string of the molecule is Cc1ccc(N(CC(=O)Nc2ccc(S(=O)(=O)Nc3nccc(C)n3)cc2)S(=O)(=O)c2ccc(F)cc2)cc1. The van der Waals surface area contributed by atoms with E-state index < -0.39 is 38.3 Å². The molecule has 202 valence electrons. The molecule has 0 atom stereocenters. The lowest BCUT2D eigenvalue weighted by atomic mass is 10.2. The average molecular weight is 570 g/mol. The van der Waals surface area contributed by atoms with Gasteiger partial charge in [-0.3, -0.25) is 9.10 Å². The third kappa shape index (κ3) is 6.75. The topological polar surface area (TPSA) is 138 Å². The van der Waals surface area contributed by atoms with Gasteiger partial charge < -0.3 is 5.32 Å². The highest BCUT2D eigenvalue weighted by Gasteiger charge is 2.27. The van der Waals surface area contributed by atoms with Crippen LogP contribution in [0.2, 0.25) is 0 Å². The Kier molecular flexibility index (Phi) is 7.93. The summed E-state index contributed by atoms with van der Waals surface area (Å²) in [7, 11) is -8.21. The number of halogens is 1. The number of carbonyl (C=O) groups is 1. The summed E-state index contributed by atoms with van der Waals surface area (Å²) >= 11 is 0. The fourth-order valence-corrected chi connectivity index (χ4v) is 5.86. The Labute approximate surface area is 225 Å². The first-order valence-electron chi connectivity index (χ1n) is 11.5. The largest absolute Gasteiger partial charge is 0.325 e. The maximum absolute atomic E-state index is 13.4. The Bertz CT molecular complexity index is 1700. The van der Waals surface area contributed by atoms with Crippen molar-refractivity contribution < 1.29 is 26.0 Å². The van der Waals surface area contributed by atoms with Crippen molar-refractivity contribution in [2.24, 2.45) is 0 Å². The van der Waals surface area contributed by atoms with Crippen molar-refractivity contribution in [3.05, 3.63) is 102 Å². The van der Waals surface area contributed by atoms with Crippen molar-refractivity contribution in [3.8, 4) is 0 Å². The van der Waals surface area contributed by atoms with Gasteiger partial charge in [-0.1, -0.05) is 17.7 Å². The maximum atomic E-state index is 13.4. The third-order valence-electron chi connectivity index (χ3n) is 5.48. The van der Waals surface area contributed by atoms with E-state index in [1.165, 1.54) is 30.5 Å². The zero-order valence-electron chi connectivity index (χ0n) is 20.9. The number of aromatic nitrogens is 2. The summed E-state index contributed by atoms with van der Waals surface area (Å²) in [6.07, 6.45) is 1.43. The van der Waals surface area contributed by atoms with Gasteiger partial charge in [0.1, 0.15) is 12.4 Å². The molecule has 0 saturated carbocycles. The summed E-state index contributed by atoms with van der Waals surface area (Å²) in [4.78, 5) is 20.5. The molecule has 0 fully saturated rings. The molecule has 13 heteroatoms. The number of hydrogen-bond acceptors (Lipinski definition) is 7. The summed E-state index contributed by atoms with van der Waals surface area (Å²) in [6, 6.07) is 17.8. The number of nitrogens with zero attached hydrogens (tertiary/aromatic N) is 3. The van der Waals surface area contributed by atoms with Crippen LogP contribution in [0.25, 0.3) is 0 Å². The minimum atomic E-state index is -4.22. The van der Waals surface area contributed by atoms with Crippen LogP contribution in [0.4, 0.5) is 21.7 Å². The molecule has 10 nitrogen and oxygen atoms in total. The second kappa shape index (κ2) is 11.2. The van der Waals surface area contributed by atoms with E-state index in [9.17, 15) is 26.0 Å². The molecular formula is C26H24FN5O5S2. The monoisotopic (exact) mass is 569 g/mol. The zero-order valence-corrected chi connectivity index (χ0v) is 22.5. The van der Waals surface area contributed by atoms with Crippen LogP contribution in [0, 0.1) is 19.7 Å². The quantitative estimate of drug-likeness (QED) is 0.312. The molecule has 0 saturated heterocycles. The standard InChI is InChI=1S/C26H24FN5O5S2/c1-18-3-9-22(10-4-18)32(39(36,37)24-11-5-20(27)6-12-24)17-25(33)30-21-7-13-23(14-8-21)38(34,35)31-26-28-16-15-19(2)29-26/h3-16H,17H2,1-2H3,(H,30,33)(H,28,29,31). The first kappa shape index (κ1) is 27.7. The van der Waals surface area contributed by atoms with Gasteiger partial charge in [-0.15, -0.1) is 0 Å². The van der Waals surface area contributed by atoms with Gasteiger partial charge in [0.05, 0.1) is 15.5 Å². The van der Waals surface area contributed by atoms with Crippen molar-refractivity contribution >= 4 is 43.3 Å². The average Bonchev–Trinajstić information content (AvgIpc) is 2.88. The highest BCUT2D eigenvalue weighted by atomic mass is 32.2. The number of carbonyl (C=O) groups excluding carboxylic acids is 1. The lowest BCUT2D eigenvalue weighted by Gasteiger charge is -2.24. The lowest BCUT2D eigenvalue weighted by molar-refractivity contribution is -0.114. The number of anilines is 3. The van der Waals surface area contributed by atoms with Gasteiger partial charge in [0.25, 0.3) is 20.0 Å². The molecule has 0 spiro atoms. The summed E-state index contributed by atoms with van der Waals surface area (Å²) in [5, 5.41) is 2.58. The van der Waals surface area contributed by atoms with E-state index in [0.717, 1.165) is 34.1 Å². The number of aryl methyl sites for hydroxylation is 2. The molecule has 0 aliphatic rings. The Morgan fingerprint density at radius 3 is 2.08 bits per heavy atom. The van der Waals surface area contributed by atoms with Crippen LogP contribution in [0.5, 0.6) is 0 Å². The van der Waals surface area contributed by atoms with E-state index in [1.54, 1.807) is 37.3 Å². The molecular weight excluding hydrogens is 545 g/mol. The van der Waals surface area contributed by atoms with Crippen LogP contribution < -0.4 is 14.3 Å². The van der Waals surface area contributed by atoms with E-state index in [2.05, 4.69) is 20.0 Å². The van der Waals surface area contributed by atoms with Gasteiger partial charge in [0.15, 0.2) is 0 Å². The number of hydrogen-bond donors (Lipinski definition) is 2. The molecule has 39 heavy (non-hydrogen) atoms. The molecule has 2 N–H and O–H groups in total. The van der Waals surface area contributed by atoms with E-state index in [-0.39, 0.29) is 27.1 Å². The second-order valence-corrected chi connectivity index (χ2v) is 12.0. The van der Waals surface area contributed by atoms with Crippen molar-refractivity contribution in [2.75, 3.05) is 20.9 Å². The van der Waals surface area contributed by atoms with Gasteiger partial charge >= 0.3 is 0 Å². The zero-order chi connectivity index (χ0) is 28.2. The Morgan fingerprint density at radius 1 is 0.846 bits per heavy atom. The Morgan fingerprint density at radius 2 is 1.46 bits per heavy atom. The normalized spacial score (nSPS) is 11.6. The molecule has 0 aliphatic carbocycles. The Balaban J connectivity index is 1.52. The number of benzene rings is 3. The number of amides is 1. The van der Waals surface area contributed by atoms with E-state index in [0.29, 0.717) is 5.69 Å². The van der Waals surface area contributed by atoms with Crippen LogP contribution in [-0.4, -0.2) is 39.3 Å². The fraction of sp³-hybridized carbons (Fsp3) is 0.115. The summed E-state index contributed by atoms with van der Waals surface area (Å²) < 4.78 is 68.7. The molecule has 3 aromatic carbocycles. The first-order valence-corrected chi connectivity index (χ1v) is 14.4. The first-order chi connectivity index (χ1) is 18.4. The van der Waals surface area contributed by atoms with Crippen LogP contribution in [0.1, 0.15) is 11.3 Å². The minimum Gasteiger partial charge on any atom is -0.325 e. The number of nitrogens with one attached hydrogen (secondary N) is 2. The second-order valence-electron chi connectivity index (χ2n) is 8.50. The summed E-state index contributed by atoms with van der Waals surface area (Å²) in [5.41, 5.74) is 1.96. The van der Waals surface area contributed by atoms with Gasteiger partial charge in [0, 0.05) is 17.6 Å². The number of rotatable bonds is 9. The molecule has 1 heterocycles. The van der Waals surface area contributed by atoms with Gasteiger partial charge in [-0.2, -0.15) is 0 Å². The smallest absolute Gasteiger partial charge is 0.264 e. The van der Waals surface area contributed by atoms with Crippen LogP contribution in [0.3, 0.4) is 0 Å². The van der Waals surface area contributed by atoms with E-state index in [1.807, 2.05) is 6.92 Å². The Hall–Kier alpha value is -4.36. The van der Waals surface area contributed by atoms with Crippen LogP contribution >= 0.6 is 0 Å². The highest BCUT2D eigenvalue weighted by molar-refractivity contribution is 7.93. The van der Waals surface area contributed by atoms with Crippen LogP contribution in [0.15, 0.2) is 94.9 Å². The van der Waals surface area contributed by atoms with Crippen LogP contribution in [-0.2, 0) is 24.8 Å². The van der Waals surface area contributed by atoms with E-state index in [4.69, 9.17) is 0 Å². The lowest BCUT2D eigenvalue weighted by Crippen LogP contribution is -2.38. The molecule has 0 radical (unpaired) electrons. The van der Waals surface area contributed by atoms with Gasteiger partial charge in [-0.25, -0.2) is 35.9 Å². The van der Waals surface area contributed by atoms with Gasteiger partial charge in [0.2, 0.25) is 11.9 Å². The predicted octanol–water partition coefficient (Wildman–Crippen LogP) is 3.87. The maximum Gasteiger partial charge on any atom is 0.264 e. The van der Waals surface area contributed by atoms with Crippen molar-refractivity contribution in [3.63, 3.8) is 0 Å². The van der Waals surface area contributed by atoms with E-state index >= 15 is 0 Å². The van der Waals surface area contributed by atoms with Crippen molar-refractivity contribution in [1.82, 2.24) is 9.97 Å². The molecule has 1 amide bonds. The van der Waals surface area contributed by atoms with Crippen molar-refractivity contribution in [1.29, 1.82) is 0 Å². The molecule has 0 aliphatic heterocycles. The predicted molar refractivity (Wildman–Crippen MR) is 145 cm³/mol. The summed E-state index contributed by atoms with van der Waals surface area (Å²) in [6.45, 7) is 2.94. The molecule has 0 bridgehead atoms. The molecule has 4 rings (SSSR count). The fourth-order valence-electron chi connectivity index (χ4n) is 3.49. The highest BCUT2D eigenvalue weighted by Crippen LogP contribution is 2.25. The minimum absolute atomic E-state index is 0.0778. The molecule has 0 unspecified atom stereocenters. The van der Waals surface area contributed by atoms with Gasteiger partial charge in [-0.05, 0) is 80.6 Å². The molecule has 1 aromatic heterocycles.